The summed E-state index contributed by atoms with van der Waals surface area (Å²) in [6.45, 7) is 6.41. The summed E-state index contributed by atoms with van der Waals surface area (Å²) in [6, 6.07) is 6.63. The quantitative estimate of drug-likeness (QED) is 0.697. The topological polar surface area (TPSA) is 102 Å². The minimum atomic E-state index is -3.59. The molecule has 0 aromatic heterocycles. The molecule has 2 rings (SSSR count). The Morgan fingerprint density at radius 1 is 1.33 bits per heavy atom. The maximum atomic E-state index is 12.7. The van der Waals surface area contributed by atoms with Crippen LogP contribution >= 0.6 is 12.4 Å². The number of carbonyl (C=O) groups is 1. The van der Waals surface area contributed by atoms with Crippen molar-refractivity contribution in [2.75, 3.05) is 20.7 Å². The van der Waals surface area contributed by atoms with E-state index in [0.29, 0.717) is 18.6 Å². The molecular weight excluding hydrogens is 390 g/mol. The molecule has 0 radical (unpaired) electrons. The Morgan fingerprint density at radius 3 is 2.44 bits per heavy atom. The average molecular weight is 420 g/mol. The highest BCUT2D eigenvalue weighted by Crippen LogP contribution is 2.49. The number of halogens is 1. The Kier molecular flexibility index (Phi) is 7.46. The summed E-state index contributed by atoms with van der Waals surface area (Å²) >= 11 is 0. The van der Waals surface area contributed by atoms with Gasteiger partial charge in [-0.3, -0.25) is 4.79 Å². The van der Waals surface area contributed by atoms with E-state index in [-0.39, 0.29) is 35.9 Å². The van der Waals surface area contributed by atoms with Crippen molar-refractivity contribution >= 4 is 28.3 Å². The number of nitrogens with one attached hydrogen (secondary N) is 1. The van der Waals surface area contributed by atoms with Crippen LogP contribution in [0.3, 0.4) is 0 Å². The number of rotatable bonds is 7. The second kappa shape index (κ2) is 8.45. The van der Waals surface area contributed by atoms with E-state index in [1.807, 2.05) is 20.8 Å². The number of ether oxygens (including phenoxy) is 1. The summed E-state index contributed by atoms with van der Waals surface area (Å²) in [5, 5.41) is 2.81. The highest BCUT2D eigenvalue weighted by atomic mass is 35.5. The fourth-order valence-electron chi connectivity index (χ4n) is 3.25. The lowest BCUT2D eigenvalue weighted by Crippen LogP contribution is -2.75. The maximum Gasteiger partial charge on any atom is 0.242 e. The van der Waals surface area contributed by atoms with E-state index in [2.05, 4.69) is 5.32 Å². The Bertz CT molecular complexity index is 783. The summed E-state index contributed by atoms with van der Waals surface area (Å²) < 4.78 is 31.7. The molecule has 1 fully saturated rings. The largest absolute Gasteiger partial charge is 0.378 e. The summed E-state index contributed by atoms with van der Waals surface area (Å²) in [5.41, 5.74) is 5.35. The van der Waals surface area contributed by atoms with Crippen LogP contribution in [0.2, 0.25) is 0 Å². The van der Waals surface area contributed by atoms with Crippen molar-refractivity contribution in [2.45, 2.75) is 50.3 Å². The SMILES string of the molecule is CCOC1CC(N)(C(=O)NCc2ccccc2S(=O)(=O)N(C)C)C1(C)C.Cl. The zero-order valence-corrected chi connectivity index (χ0v) is 18.1. The fourth-order valence-corrected chi connectivity index (χ4v) is 4.37. The first-order chi connectivity index (χ1) is 12.0. The molecule has 2 atom stereocenters. The van der Waals surface area contributed by atoms with E-state index in [1.165, 1.54) is 20.2 Å². The van der Waals surface area contributed by atoms with Crippen LogP contribution in [0.25, 0.3) is 0 Å². The van der Waals surface area contributed by atoms with Crippen molar-refractivity contribution in [2.24, 2.45) is 11.1 Å². The van der Waals surface area contributed by atoms with Gasteiger partial charge in [-0.15, -0.1) is 12.4 Å². The van der Waals surface area contributed by atoms with Crippen molar-refractivity contribution in [3.8, 4) is 0 Å². The molecule has 2 unspecified atom stereocenters. The van der Waals surface area contributed by atoms with Crippen molar-refractivity contribution < 1.29 is 17.9 Å². The van der Waals surface area contributed by atoms with Crippen LogP contribution in [0, 0.1) is 5.41 Å². The third kappa shape index (κ3) is 4.14. The summed E-state index contributed by atoms with van der Waals surface area (Å²) in [4.78, 5) is 12.9. The van der Waals surface area contributed by atoms with Crippen LogP contribution in [0.5, 0.6) is 0 Å². The van der Waals surface area contributed by atoms with Crippen LogP contribution in [0.1, 0.15) is 32.8 Å². The molecular formula is C18H30ClN3O4S. The number of sulfonamides is 1. The molecule has 0 saturated heterocycles. The van der Waals surface area contributed by atoms with E-state index in [1.54, 1.807) is 18.2 Å². The monoisotopic (exact) mass is 419 g/mol. The van der Waals surface area contributed by atoms with Crippen molar-refractivity contribution in [3.63, 3.8) is 0 Å². The number of hydrogen-bond donors (Lipinski definition) is 2. The zero-order chi connectivity index (χ0) is 19.8. The van der Waals surface area contributed by atoms with Gasteiger partial charge in [0.1, 0.15) is 5.54 Å². The first-order valence-corrected chi connectivity index (χ1v) is 10.1. The van der Waals surface area contributed by atoms with Gasteiger partial charge in [-0.2, -0.15) is 0 Å². The third-order valence-corrected chi connectivity index (χ3v) is 7.32. The third-order valence-electron chi connectivity index (χ3n) is 5.41. The molecule has 0 heterocycles. The van der Waals surface area contributed by atoms with E-state index in [0.717, 1.165) is 4.31 Å². The van der Waals surface area contributed by atoms with Crippen LogP contribution in [-0.4, -0.2) is 51.0 Å². The van der Waals surface area contributed by atoms with Crippen LogP contribution < -0.4 is 11.1 Å². The average Bonchev–Trinajstić information content (AvgIpc) is 2.59. The molecule has 0 bridgehead atoms. The van der Waals surface area contributed by atoms with Crippen LogP contribution in [0.15, 0.2) is 29.2 Å². The molecule has 9 heteroatoms. The molecule has 27 heavy (non-hydrogen) atoms. The summed E-state index contributed by atoms with van der Waals surface area (Å²) in [7, 11) is -0.638. The minimum absolute atomic E-state index is 0. The van der Waals surface area contributed by atoms with E-state index in [9.17, 15) is 13.2 Å². The Balaban J connectivity index is 0.00000364. The second-order valence-corrected chi connectivity index (χ2v) is 9.54. The highest BCUT2D eigenvalue weighted by molar-refractivity contribution is 7.89. The lowest BCUT2D eigenvalue weighted by Gasteiger charge is -2.57. The van der Waals surface area contributed by atoms with Crippen molar-refractivity contribution in [3.05, 3.63) is 29.8 Å². The van der Waals surface area contributed by atoms with Gasteiger partial charge < -0.3 is 15.8 Å². The molecule has 1 saturated carbocycles. The summed E-state index contributed by atoms with van der Waals surface area (Å²) in [5.74, 6) is -0.296. The second-order valence-electron chi connectivity index (χ2n) is 7.42. The van der Waals surface area contributed by atoms with Gasteiger partial charge in [-0.05, 0) is 18.6 Å². The zero-order valence-electron chi connectivity index (χ0n) is 16.5. The first kappa shape index (κ1) is 23.8. The molecule has 0 aliphatic heterocycles. The Labute approximate surface area is 168 Å². The standard InChI is InChI=1S/C18H29N3O4S.ClH/c1-6-25-15-11-18(19,17(15,2)3)16(22)20-12-13-9-7-8-10-14(13)26(23,24)21(4)5;/h7-10,15H,6,11-12,19H2,1-5H3,(H,20,22);1H. The molecule has 0 spiro atoms. The van der Waals surface area contributed by atoms with Gasteiger partial charge in [0.05, 0.1) is 11.0 Å². The molecule has 3 N–H and O–H groups in total. The number of hydrogen-bond acceptors (Lipinski definition) is 5. The number of nitrogens with two attached hydrogens (primary N) is 1. The smallest absolute Gasteiger partial charge is 0.242 e. The number of benzene rings is 1. The van der Waals surface area contributed by atoms with Gasteiger partial charge in [0.2, 0.25) is 15.9 Å². The van der Waals surface area contributed by atoms with Gasteiger partial charge in [-0.1, -0.05) is 32.0 Å². The molecule has 1 aliphatic carbocycles. The molecule has 1 aromatic rings. The molecule has 7 nitrogen and oxygen atoms in total. The van der Waals surface area contributed by atoms with E-state index in [4.69, 9.17) is 10.5 Å². The molecule has 1 amide bonds. The lowest BCUT2D eigenvalue weighted by molar-refractivity contribution is -0.170. The van der Waals surface area contributed by atoms with Crippen LogP contribution in [0.4, 0.5) is 0 Å². The lowest BCUT2D eigenvalue weighted by atomic mass is 9.54. The Hall–Kier alpha value is -1.19. The van der Waals surface area contributed by atoms with Crippen LogP contribution in [-0.2, 0) is 26.1 Å². The van der Waals surface area contributed by atoms with Gasteiger partial charge >= 0.3 is 0 Å². The van der Waals surface area contributed by atoms with Gasteiger partial charge in [0.15, 0.2) is 0 Å². The number of amides is 1. The number of nitrogens with zero attached hydrogens (tertiary/aromatic N) is 1. The predicted octanol–water partition coefficient (Wildman–Crippen LogP) is 1.51. The predicted molar refractivity (Wildman–Crippen MR) is 107 cm³/mol. The van der Waals surface area contributed by atoms with Gasteiger partial charge in [0, 0.05) is 39.1 Å². The highest BCUT2D eigenvalue weighted by Gasteiger charge is 2.62. The van der Waals surface area contributed by atoms with Crippen molar-refractivity contribution in [1.29, 1.82) is 0 Å². The van der Waals surface area contributed by atoms with Crippen molar-refractivity contribution in [1.82, 2.24) is 9.62 Å². The van der Waals surface area contributed by atoms with Gasteiger partial charge in [-0.25, -0.2) is 12.7 Å². The number of carbonyl (C=O) groups excluding carboxylic acids is 1. The van der Waals surface area contributed by atoms with E-state index >= 15 is 0 Å². The van der Waals surface area contributed by atoms with E-state index < -0.39 is 21.0 Å². The molecule has 1 aliphatic rings. The maximum absolute atomic E-state index is 12.7. The normalized spacial score (nSPS) is 24.0. The Morgan fingerprint density at radius 2 is 1.93 bits per heavy atom. The summed E-state index contributed by atoms with van der Waals surface area (Å²) in [6.07, 6.45) is 0.377. The first-order valence-electron chi connectivity index (χ1n) is 8.67. The fraction of sp³-hybridized carbons (Fsp3) is 0.611. The van der Waals surface area contributed by atoms with Gasteiger partial charge in [0.25, 0.3) is 0 Å². The molecule has 1 aromatic carbocycles. The molecule has 154 valence electrons. The minimum Gasteiger partial charge on any atom is -0.378 e.